The summed E-state index contributed by atoms with van der Waals surface area (Å²) >= 11 is 1.55. The van der Waals surface area contributed by atoms with E-state index >= 15 is 0 Å². The number of aromatic nitrogens is 4. The summed E-state index contributed by atoms with van der Waals surface area (Å²) in [7, 11) is 4.93. The average Bonchev–Trinajstić information content (AvgIpc) is 3.32. The first-order valence-corrected chi connectivity index (χ1v) is 9.60. The molecule has 0 fully saturated rings. The summed E-state index contributed by atoms with van der Waals surface area (Å²) in [4.78, 5) is 0.785. The number of hydrogen-bond donors (Lipinski definition) is 0. The SMILES string of the molecule is COc1ccc(-c2nnc3sc(CCc4ccc(OC)c(OC)c4)nn23)cc1. The second-order valence-corrected chi connectivity index (χ2v) is 7.17. The van der Waals surface area contributed by atoms with Gasteiger partial charge in [-0.3, -0.25) is 0 Å². The van der Waals surface area contributed by atoms with Crippen molar-refractivity contribution in [2.24, 2.45) is 0 Å². The Kier molecular flexibility index (Phi) is 5.12. The van der Waals surface area contributed by atoms with Crippen LogP contribution in [-0.2, 0) is 12.8 Å². The number of benzene rings is 2. The Morgan fingerprint density at radius 1 is 0.857 bits per heavy atom. The minimum Gasteiger partial charge on any atom is -0.497 e. The van der Waals surface area contributed by atoms with E-state index in [1.807, 2.05) is 42.5 Å². The van der Waals surface area contributed by atoms with Crippen molar-refractivity contribution in [2.45, 2.75) is 12.8 Å². The molecule has 28 heavy (non-hydrogen) atoms. The minimum absolute atomic E-state index is 0.728. The Labute approximate surface area is 166 Å². The largest absolute Gasteiger partial charge is 0.497 e. The molecular weight excluding hydrogens is 376 g/mol. The Balaban J connectivity index is 1.53. The summed E-state index contributed by atoms with van der Waals surface area (Å²) in [5.74, 6) is 3.00. The molecule has 4 aromatic rings. The molecule has 7 nitrogen and oxygen atoms in total. The van der Waals surface area contributed by atoms with Gasteiger partial charge in [0.15, 0.2) is 17.3 Å². The fraction of sp³-hybridized carbons (Fsp3) is 0.250. The Morgan fingerprint density at radius 2 is 1.64 bits per heavy atom. The predicted molar refractivity (Wildman–Crippen MR) is 108 cm³/mol. The van der Waals surface area contributed by atoms with Crippen molar-refractivity contribution in [3.8, 4) is 28.6 Å². The number of rotatable bonds is 7. The molecule has 4 rings (SSSR count). The third kappa shape index (κ3) is 3.50. The standard InChI is InChI=1S/C20H20N4O3S/c1-25-15-8-6-14(7-9-15)19-21-22-20-24(19)23-18(28-20)11-5-13-4-10-16(26-2)17(12-13)27-3/h4,6-10,12H,5,11H2,1-3H3. The first-order chi connectivity index (χ1) is 13.7. The fourth-order valence-corrected chi connectivity index (χ4v) is 3.80. The number of nitrogens with zero attached hydrogens (tertiary/aromatic N) is 4. The van der Waals surface area contributed by atoms with Crippen molar-refractivity contribution in [3.05, 3.63) is 53.0 Å². The Morgan fingerprint density at radius 3 is 2.36 bits per heavy atom. The molecule has 0 aliphatic heterocycles. The summed E-state index contributed by atoms with van der Waals surface area (Å²) in [6, 6.07) is 13.7. The van der Waals surface area contributed by atoms with Gasteiger partial charge < -0.3 is 14.2 Å². The number of ether oxygens (including phenoxy) is 3. The van der Waals surface area contributed by atoms with E-state index in [9.17, 15) is 0 Å². The fourth-order valence-electron chi connectivity index (χ4n) is 2.97. The summed E-state index contributed by atoms with van der Waals surface area (Å²) in [6.07, 6.45) is 1.66. The first kappa shape index (κ1) is 18.2. The molecule has 0 saturated carbocycles. The first-order valence-electron chi connectivity index (χ1n) is 8.78. The van der Waals surface area contributed by atoms with Gasteiger partial charge >= 0.3 is 0 Å². The molecule has 2 aromatic carbocycles. The van der Waals surface area contributed by atoms with Gasteiger partial charge in [0.05, 0.1) is 21.3 Å². The maximum Gasteiger partial charge on any atom is 0.234 e. The van der Waals surface area contributed by atoms with Gasteiger partial charge in [-0.05, 0) is 48.4 Å². The highest BCUT2D eigenvalue weighted by Crippen LogP contribution is 2.29. The smallest absolute Gasteiger partial charge is 0.234 e. The molecule has 144 valence electrons. The highest BCUT2D eigenvalue weighted by molar-refractivity contribution is 7.16. The molecule has 0 aliphatic carbocycles. The summed E-state index contributed by atoms with van der Waals surface area (Å²) in [5, 5.41) is 14.3. The molecule has 8 heteroatoms. The lowest BCUT2D eigenvalue weighted by Gasteiger charge is -2.09. The number of hydrogen-bond acceptors (Lipinski definition) is 7. The van der Waals surface area contributed by atoms with Gasteiger partial charge in [0, 0.05) is 12.0 Å². The van der Waals surface area contributed by atoms with Crippen LogP contribution in [0.4, 0.5) is 0 Å². The van der Waals surface area contributed by atoms with Crippen LogP contribution in [0.3, 0.4) is 0 Å². The van der Waals surface area contributed by atoms with E-state index in [-0.39, 0.29) is 0 Å². The van der Waals surface area contributed by atoms with Gasteiger partial charge in [0.1, 0.15) is 10.8 Å². The molecule has 0 saturated heterocycles. The molecule has 2 aromatic heterocycles. The highest BCUT2D eigenvalue weighted by atomic mass is 32.1. The number of fused-ring (bicyclic) bond motifs is 1. The quantitative estimate of drug-likeness (QED) is 0.475. The van der Waals surface area contributed by atoms with Gasteiger partial charge in [-0.2, -0.15) is 9.61 Å². The van der Waals surface area contributed by atoms with Crippen LogP contribution in [0.25, 0.3) is 16.3 Å². The van der Waals surface area contributed by atoms with Gasteiger partial charge in [-0.15, -0.1) is 10.2 Å². The van der Waals surface area contributed by atoms with Crippen LogP contribution in [0, 0.1) is 0 Å². The van der Waals surface area contributed by atoms with Crippen LogP contribution in [0.15, 0.2) is 42.5 Å². The second kappa shape index (κ2) is 7.85. The van der Waals surface area contributed by atoms with E-state index in [1.54, 1.807) is 37.2 Å². The van der Waals surface area contributed by atoms with Crippen molar-refractivity contribution < 1.29 is 14.2 Å². The van der Waals surface area contributed by atoms with E-state index < -0.39 is 0 Å². The zero-order valence-electron chi connectivity index (χ0n) is 15.9. The molecule has 0 radical (unpaired) electrons. The van der Waals surface area contributed by atoms with Crippen molar-refractivity contribution in [1.29, 1.82) is 0 Å². The van der Waals surface area contributed by atoms with Crippen LogP contribution < -0.4 is 14.2 Å². The lowest BCUT2D eigenvalue weighted by Crippen LogP contribution is -1.96. The lowest BCUT2D eigenvalue weighted by molar-refractivity contribution is 0.354. The van der Waals surface area contributed by atoms with Crippen molar-refractivity contribution in [2.75, 3.05) is 21.3 Å². The van der Waals surface area contributed by atoms with Gasteiger partial charge in [0.2, 0.25) is 4.96 Å². The minimum atomic E-state index is 0.728. The van der Waals surface area contributed by atoms with E-state index in [2.05, 4.69) is 10.2 Å². The topological polar surface area (TPSA) is 70.8 Å². The third-order valence-electron chi connectivity index (χ3n) is 4.46. The highest BCUT2D eigenvalue weighted by Gasteiger charge is 2.14. The van der Waals surface area contributed by atoms with E-state index in [0.717, 1.165) is 51.4 Å². The Bertz CT molecular complexity index is 1090. The predicted octanol–water partition coefficient (Wildman–Crippen LogP) is 3.66. The van der Waals surface area contributed by atoms with E-state index in [0.29, 0.717) is 0 Å². The number of aryl methyl sites for hydroxylation is 2. The van der Waals surface area contributed by atoms with E-state index in [4.69, 9.17) is 19.3 Å². The second-order valence-electron chi connectivity index (χ2n) is 6.13. The van der Waals surface area contributed by atoms with Crippen LogP contribution in [-0.4, -0.2) is 41.1 Å². The van der Waals surface area contributed by atoms with Crippen LogP contribution in [0.1, 0.15) is 10.6 Å². The van der Waals surface area contributed by atoms with Crippen LogP contribution >= 0.6 is 11.3 Å². The molecule has 0 atom stereocenters. The zero-order valence-corrected chi connectivity index (χ0v) is 16.7. The average molecular weight is 396 g/mol. The van der Waals surface area contributed by atoms with E-state index in [1.165, 1.54) is 5.56 Å². The molecule has 0 spiro atoms. The summed E-state index contributed by atoms with van der Waals surface area (Å²) in [5.41, 5.74) is 2.11. The monoisotopic (exact) mass is 396 g/mol. The van der Waals surface area contributed by atoms with Gasteiger partial charge in [0.25, 0.3) is 0 Å². The number of methoxy groups -OCH3 is 3. The molecule has 0 amide bonds. The zero-order chi connectivity index (χ0) is 19.5. The molecular formula is C20H20N4O3S. The molecule has 0 unspecified atom stereocenters. The molecule has 2 heterocycles. The lowest BCUT2D eigenvalue weighted by atomic mass is 10.1. The van der Waals surface area contributed by atoms with Gasteiger partial charge in [-0.25, -0.2) is 0 Å². The molecule has 0 aliphatic rings. The van der Waals surface area contributed by atoms with Gasteiger partial charge in [-0.1, -0.05) is 17.4 Å². The van der Waals surface area contributed by atoms with Crippen LogP contribution in [0.2, 0.25) is 0 Å². The third-order valence-corrected chi connectivity index (χ3v) is 5.41. The molecule has 0 N–H and O–H groups in total. The maximum atomic E-state index is 5.38. The maximum absolute atomic E-state index is 5.38. The van der Waals surface area contributed by atoms with Crippen LogP contribution in [0.5, 0.6) is 17.2 Å². The van der Waals surface area contributed by atoms with Crippen molar-refractivity contribution >= 4 is 16.3 Å². The van der Waals surface area contributed by atoms with Crippen molar-refractivity contribution in [3.63, 3.8) is 0 Å². The van der Waals surface area contributed by atoms with Crippen molar-refractivity contribution in [1.82, 2.24) is 19.8 Å². The summed E-state index contributed by atoms with van der Waals surface area (Å²) in [6.45, 7) is 0. The Hall–Kier alpha value is -3.13. The normalized spacial score (nSPS) is 11.0. The summed E-state index contributed by atoms with van der Waals surface area (Å²) < 4.78 is 17.7. The molecule has 0 bridgehead atoms.